The molecule has 16 heteroatoms. The largest absolute Gasteiger partial charge is 0.436 e. The lowest BCUT2D eigenvalue weighted by molar-refractivity contribution is -0.169. The molecule has 0 saturated carbocycles. The van der Waals surface area contributed by atoms with Crippen LogP contribution in [0.1, 0.15) is 0 Å². The van der Waals surface area contributed by atoms with Crippen LogP contribution in [-0.4, -0.2) is 104 Å². The number of rotatable bonds is 10. The molecule has 0 N–H and O–H groups in total. The number of amides is 8. The Kier molecular flexibility index (Phi) is 7.42. The van der Waals surface area contributed by atoms with E-state index in [1.807, 2.05) is 0 Å². The fraction of sp³-hybridized carbons (Fsp3) is 0.167. The third-order valence-electron chi connectivity index (χ3n) is 5.60. The minimum Gasteiger partial charge on any atom is -0.436 e. The van der Waals surface area contributed by atoms with Gasteiger partial charge in [-0.3, -0.25) is 48.2 Å². The molecule has 0 fully saturated rings. The van der Waals surface area contributed by atoms with Gasteiger partial charge in [0.15, 0.2) is 0 Å². The summed E-state index contributed by atoms with van der Waals surface area (Å²) in [5, 5.41) is 0. The van der Waals surface area contributed by atoms with Crippen LogP contribution in [0, 0.1) is 0 Å². The van der Waals surface area contributed by atoms with Crippen LogP contribution in [0.4, 0.5) is 0 Å². The minimum absolute atomic E-state index is 0.481. The molecule has 4 rings (SSSR count). The molecule has 0 aromatic rings. The summed E-state index contributed by atoms with van der Waals surface area (Å²) < 4.78 is 10.1. The molecule has 0 saturated heterocycles. The molecule has 40 heavy (non-hydrogen) atoms. The SMILES string of the molecule is O=C(/C=C\C(=O)OC(CN1C(=O)C=CC1=O)N1C(=O)C=CC1=O)OC(CN1C(=O)C=CC1=O)N1C(=O)C=CC1=O. The van der Waals surface area contributed by atoms with Gasteiger partial charge in [-0.25, -0.2) is 19.4 Å². The van der Waals surface area contributed by atoms with Crippen molar-refractivity contribution in [2.24, 2.45) is 0 Å². The smallest absolute Gasteiger partial charge is 0.333 e. The number of imide groups is 4. The highest BCUT2D eigenvalue weighted by Crippen LogP contribution is 2.17. The second kappa shape index (κ2) is 10.9. The summed E-state index contributed by atoms with van der Waals surface area (Å²) in [6.45, 7) is -1.40. The van der Waals surface area contributed by atoms with Crippen LogP contribution < -0.4 is 0 Å². The van der Waals surface area contributed by atoms with E-state index in [2.05, 4.69) is 0 Å². The van der Waals surface area contributed by atoms with Gasteiger partial charge in [-0.2, -0.15) is 0 Å². The molecule has 0 bridgehead atoms. The van der Waals surface area contributed by atoms with Crippen LogP contribution in [0.3, 0.4) is 0 Å². The molecule has 204 valence electrons. The van der Waals surface area contributed by atoms with E-state index in [0.29, 0.717) is 31.8 Å². The van der Waals surface area contributed by atoms with Gasteiger partial charge < -0.3 is 9.47 Å². The van der Waals surface area contributed by atoms with Crippen LogP contribution >= 0.6 is 0 Å². The fourth-order valence-electron chi connectivity index (χ4n) is 3.75. The van der Waals surface area contributed by atoms with E-state index < -0.39 is 84.7 Å². The van der Waals surface area contributed by atoms with Crippen molar-refractivity contribution in [1.82, 2.24) is 19.6 Å². The number of nitrogens with zero attached hydrogens (tertiary/aromatic N) is 4. The molecule has 0 spiro atoms. The highest BCUT2D eigenvalue weighted by molar-refractivity contribution is 6.15. The third-order valence-corrected chi connectivity index (χ3v) is 5.60. The van der Waals surface area contributed by atoms with Crippen LogP contribution in [0.2, 0.25) is 0 Å². The van der Waals surface area contributed by atoms with Gasteiger partial charge in [0, 0.05) is 60.8 Å². The van der Waals surface area contributed by atoms with Crippen molar-refractivity contribution in [2.45, 2.75) is 12.5 Å². The molecule has 2 atom stereocenters. The predicted octanol–water partition coefficient (Wildman–Crippen LogP) is -3.02. The maximum Gasteiger partial charge on any atom is 0.333 e. The summed E-state index contributed by atoms with van der Waals surface area (Å²) in [5.41, 5.74) is 0. The maximum absolute atomic E-state index is 12.5. The summed E-state index contributed by atoms with van der Waals surface area (Å²) in [7, 11) is 0. The lowest BCUT2D eigenvalue weighted by atomic mass is 10.3. The van der Waals surface area contributed by atoms with Crippen LogP contribution in [0.15, 0.2) is 60.8 Å². The van der Waals surface area contributed by atoms with Crippen molar-refractivity contribution in [3.05, 3.63) is 60.8 Å². The summed E-state index contributed by atoms with van der Waals surface area (Å²) in [6.07, 6.45) is 4.76. The summed E-state index contributed by atoms with van der Waals surface area (Å²) in [4.78, 5) is 123. The van der Waals surface area contributed by atoms with E-state index in [0.717, 1.165) is 48.6 Å². The van der Waals surface area contributed by atoms with Gasteiger partial charge in [0.25, 0.3) is 47.3 Å². The lowest BCUT2D eigenvalue weighted by Gasteiger charge is -2.28. The molecule has 0 radical (unpaired) electrons. The Hall–Kier alpha value is -5.80. The molecule has 0 aromatic carbocycles. The maximum atomic E-state index is 12.5. The number of esters is 2. The van der Waals surface area contributed by atoms with Crippen LogP contribution in [-0.2, 0) is 57.4 Å². The molecule has 2 unspecified atom stereocenters. The van der Waals surface area contributed by atoms with Crippen molar-refractivity contribution in [1.29, 1.82) is 0 Å². The van der Waals surface area contributed by atoms with E-state index in [1.54, 1.807) is 0 Å². The van der Waals surface area contributed by atoms with E-state index >= 15 is 0 Å². The number of hydrogen-bond donors (Lipinski definition) is 0. The highest BCUT2D eigenvalue weighted by Gasteiger charge is 2.39. The normalized spacial score (nSPS) is 19.9. The molecule has 16 nitrogen and oxygen atoms in total. The second-order valence-corrected chi connectivity index (χ2v) is 8.12. The quantitative estimate of drug-likeness (QED) is 0.151. The first kappa shape index (κ1) is 27.2. The summed E-state index contributed by atoms with van der Waals surface area (Å²) in [5.74, 6) is -9.34. The van der Waals surface area contributed by atoms with Crippen molar-refractivity contribution in [3.8, 4) is 0 Å². The molecule has 8 amide bonds. The highest BCUT2D eigenvalue weighted by atomic mass is 16.6. The van der Waals surface area contributed by atoms with E-state index in [4.69, 9.17) is 9.47 Å². The first-order chi connectivity index (χ1) is 19.0. The summed E-state index contributed by atoms with van der Waals surface area (Å²) >= 11 is 0. The van der Waals surface area contributed by atoms with E-state index in [1.165, 1.54) is 0 Å². The molecular formula is C24H16N4O12. The zero-order chi connectivity index (χ0) is 29.1. The Bertz CT molecular complexity index is 1260. The Morgan fingerprint density at radius 2 is 0.750 bits per heavy atom. The Labute approximate surface area is 223 Å². The molecule has 4 aliphatic rings. The molecule has 0 aromatic heterocycles. The average Bonchev–Trinajstić information content (AvgIpc) is 3.61. The number of carbonyl (C=O) groups excluding carboxylic acids is 10. The van der Waals surface area contributed by atoms with Crippen LogP contribution in [0.25, 0.3) is 0 Å². The topological polar surface area (TPSA) is 202 Å². The second-order valence-electron chi connectivity index (χ2n) is 8.12. The Morgan fingerprint density at radius 1 is 0.500 bits per heavy atom. The van der Waals surface area contributed by atoms with Gasteiger partial charge in [0.2, 0.25) is 12.5 Å². The van der Waals surface area contributed by atoms with E-state index in [-0.39, 0.29) is 0 Å². The Morgan fingerprint density at radius 3 is 1.02 bits per heavy atom. The van der Waals surface area contributed by atoms with Crippen molar-refractivity contribution < 1.29 is 57.4 Å². The first-order valence-electron chi connectivity index (χ1n) is 11.2. The fourth-order valence-corrected chi connectivity index (χ4v) is 3.75. The van der Waals surface area contributed by atoms with Crippen molar-refractivity contribution in [2.75, 3.05) is 13.1 Å². The zero-order valence-electron chi connectivity index (χ0n) is 20.0. The van der Waals surface area contributed by atoms with Gasteiger partial charge in [0.1, 0.15) is 0 Å². The van der Waals surface area contributed by atoms with E-state index in [9.17, 15) is 47.9 Å². The number of hydrogen-bond acceptors (Lipinski definition) is 12. The Balaban J connectivity index is 1.45. The first-order valence-corrected chi connectivity index (χ1v) is 11.2. The van der Waals surface area contributed by atoms with Gasteiger partial charge in [-0.05, 0) is 0 Å². The average molecular weight is 552 g/mol. The predicted molar refractivity (Wildman–Crippen MR) is 123 cm³/mol. The molecule has 4 aliphatic heterocycles. The molecule has 4 heterocycles. The van der Waals surface area contributed by atoms with Gasteiger partial charge in [0.05, 0.1) is 13.1 Å². The van der Waals surface area contributed by atoms with Gasteiger partial charge in [-0.1, -0.05) is 0 Å². The lowest BCUT2D eigenvalue weighted by Crippen LogP contribution is -2.50. The summed E-state index contributed by atoms with van der Waals surface area (Å²) in [6, 6.07) is 0. The standard InChI is InChI=1S/C24H16N4O12/c29-13-1-2-14(30)25(13)11-21(27-17(33)5-6-18(27)34)39-23(37)9-10-24(38)40-22(28-19(35)7-8-20(28)36)12-26-15(31)3-4-16(26)32/h1-10,21-22H,11-12H2/b10-9-. The third kappa shape index (κ3) is 5.54. The number of ether oxygens (including phenoxy) is 2. The van der Waals surface area contributed by atoms with Gasteiger partial charge >= 0.3 is 11.9 Å². The van der Waals surface area contributed by atoms with Crippen molar-refractivity contribution >= 4 is 59.2 Å². The minimum atomic E-state index is -1.76. The molecular weight excluding hydrogens is 536 g/mol. The monoisotopic (exact) mass is 552 g/mol. The van der Waals surface area contributed by atoms with Crippen LogP contribution in [0.5, 0.6) is 0 Å². The number of carbonyl (C=O) groups is 10. The zero-order valence-corrected chi connectivity index (χ0v) is 20.0. The van der Waals surface area contributed by atoms with Gasteiger partial charge in [-0.15, -0.1) is 0 Å². The molecule has 0 aliphatic carbocycles. The van der Waals surface area contributed by atoms with Crippen molar-refractivity contribution in [3.63, 3.8) is 0 Å².